The molecule has 3 unspecified atom stereocenters. The Labute approximate surface area is 116 Å². The van der Waals surface area contributed by atoms with Crippen molar-refractivity contribution in [2.75, 3.05) is 13.2 Å². The molecular formula is C15H18F2O3. The van der Waals surface area contributed by atoms with E-state index in [2.05, 4.69) is 0 Å². The molecule has 20 heavy (non-hydrogen) atoms. The topological polar surface area (TPSA) is 31.0 Å². The number of epoxide rings is 1. The van der Waals surface area contributed by atoms with E-state index in [4.69, 9.17) is 14.2 Å². The van der Waals surface area contributed by atoms with Crippen molar-refractivity contribution < 1.29 is 23.0 Å². The highest BCUT2D eigenvalue weighted by molar-refractivity contribution is 5.30. The Kier molecular flexibility index (Phi) is 3.75. The van der Waals surface area contributed by atoms with E-state index in [1.165, 1.54) is 6.07 Å². The molecule has 2 saturated heterocycles. The zero-order valence-electron chi connectivity index (χ0n) is 11.4. The van der Waals surface area contributed by atoms with Gasteiger partial charge in [-0.05, 0) is 44.4 Å². The molecule has 0 aromatic heterocycles. The first-order valence-corrected chi connectivity index (χ1v) is 6.98. The third-order valence-electron chi connectivity index (χ3n) is 3.99. The minimum absolute atomic E-state index is 0.223. The molecule has 1 aromatic carbocycles. The van der Waals surface area contributed by atoms with Gasteiger partial charge in [0.05, 0.1) is 12.7 Å². The van der Waals surface area contributed by atoms with E-state index >= 15 is 0 Å². The van der Waals surface area contributed by atoms with E-state index < -0.39 is 17.2 Å². The Morgan fingerprint density at radius 1 is 1.35 bits per heavy atom. The second-order valence-electron chi connectivity index (χ2n) is 5.38. The van der Waals surface area contributed by atoms with E-state index in [-0.39, 0.29) is 18.0 Å². The Balaban J connectivity index is 1.75. The zero-order valence-corrected chi connectivity index (χ0v) is 11.4. The second kappa shape index (κ2) is 5.39. The van der Waals surface area contributed by atoms with E-state index in [0.29, 0.717) is 13.2 Å². The smallest absolute Gasteiger partial charge is 0.158 e. The molecule has 0 saturated carbocycles. The highest BCUT2D eigenvalue weighted by atomic mass is 19.1. The molecule has 0 radical (unpaired) electrons. The summed E-state index contributed by atoms with van der Waals surface area (Å²) < 4.78 is 44.0. The SMILES string of the molecule is CC(OC1CCCCO1)C1(c2cc(F)ccc2F)CO1. The first-order chi connectivity index (χ1) is 9.62. The van der Waals surface area contributed by atoms with E-state index in [9.17, 15) is 8.78 Å². The Morgan fingerprint density at radius 3 is 2.80 bits per heavy atom. The second-order valence-corrected chi connectivity index (χ2v) is 5.38. The van der Waals surface area contributed by atoms with Crippen molar-refractivity contribution in [1.29, 1.82) is 0 Å². The van der Waals surface area contributed by atoms with Crippen molar-refractivity contribution in [3.8, 4) is 0 Å². The standard InChI is InChI=1S/C15H18F2O3/c1-10(20-14-4-2-3-7-18-14)15(9-19-15)12-8-11(16)5-6-13(12)17/h5-6,8,10,14H,2-4,7,9H2,1H3. The van der Waals surface area contributed by atoms with Crippen LogP contribution in [0.15, 0.2) is 18.2 Å². The van der Waals surface area contributed by atoms with Gasteiger partial charge < -0.3 is 14.2 Å². The average molecular weight is 284 g/mol. The predicted octanol–water partition coefficient (Wildman–Crippen LogP) is 3.12. The molecule has 0 spiro atoms. The molecule has 3 nitrogen and oxygen atoms in total. The van der Waals surface area contributed by atoms with Crippen LogP contribution in [0.25, 0.3) is 0 Å². The molecule has 2 aliphatic rings. The minimum Gasteiger partial charge on any atom is -0.362 e. The van der Waals surface area contributed by atoms with Crippen molar-refractivity contribution in [3.63, 3.8) is 0 Å². The number of benzene rings is 1. The van der Waals surface area contributed by atoms with E-state index in [1.54, 1.807) is 0 Å². The summed E-state index contributed by atoms with van der Waals surface area (Å²) in [6.45, 7) is 2.83. The van der Waals surface area contributed by atoms with Crippen molar-refractivity contribution >= 4 is 0 Å². The van der Waals surface area contributed by atoms with Crippen LogP contribution in [0.3, 0.4) is 0 Å². The van der Waals surface area contributed by atoms with Gasteiger partial charge in [-0.1, -0.05) is 0 Å². The lowest BCUT2D eigenvalue weighted by molar-refractivity contribution is -0.197. The maximum atomic E-state index is 13.9. The largest absolute Gasteiger partial charge is 0.362 e. The van der Waals surface area contributed by atoms with Gasteiger partial charge in [-0.2, -0.15) is 0 Å². The van der Waals surface area contributed by atoms with Crippen LogP contribution in [-0.4, -0.2) is 25.6 Å². The van der Waals surface area contributed by atoms with Gasteiger partial charge in [-0.3, -0.25) is 0 Å². The third kappa shape index (κ3) is 2.57. The van der Waals surface area contributed by atoms with Crippen molar-refractivity contribution in [2.45, 2.75) is 44.2 Å². The van der Waals surface area contributed by atoms with Crippen LogP contribution >= 0.6 is 0 Å². The molecular weight excluding hydrogens is 266 g/mol. The first-order valence-electron chi connectivity index (χ1n) is 6.98. The summed E-state index contributed by atoms with van der Waals surface area (Å²) in [7, 11) is 0. The van der Waals surface area contributed by atoms with Crippen molar-refractivity contribution in [1.82, 2.24) is 0 Å². The fourth-order valence-corrected chi connectivity index (χ4v) is 2.66. The molecule has 2 fully saturated rings. The average Bonchev–Trinajstić information content (AvgIpc) is 3.24. The van der Waals surface area contributed by atoms with Crippen LogP contribution in [-0.2, 0) is 19.8 Å². The Morgan fingerprint density at radius 2 is 2.15 bits per heavy atom. The third-order valence-corrected chi connectivity index (χ3v) is 3.99. The molecule has 5 heteroatoms. The lowest BCUT2D eigenvalue weighted by Gasteiger charge is -2.29. The minimum atomic E-state index is -0.882. The monoisotopic (exact) mass is 284 g/mol. The number of hydrogen-bond donors (Lipinski definition) is 0. The van der Waals surface area contributed by atoms with Gasteiger partial charge in [0.25, 0.3) is 0 Å². The summed E-state index contributed by atoms with van der Waals surface area (Å²) >= 11 is 0. The highest BCUT2D eigenvalue weighted by Gasteiger charge is 2.54. The van der Waals surface area contributed by atoms with Gasteiger partial charge >= 0.3 is 0 Å². The quantitative estimate of drug-likeness (QED) is 0.796. The van der Waals surface area contributed by atoms with Gasteiger partial charge in [0.15, 0.2) is 6.29 Å². The van der Waals surface area contributed by atoms with Crippen LogP contribution in [0.2, 0.25) is 0 Å². The summed E-state index contributed by atoms with van der Waals surface area (Å²) in [5.74, 6) is -0.943. The van der Waals surface area contributed by atoms with Gasteiger partial charge in [0.2, 0.25) is 0 Å². The van der Waals surface area contributed by atoms with Gasteiger partial charge in [0, 0.05) is 12.2 Å². The van der Waals surface area contributed by atoms with Gasteiger partial charge in [0.1, 0.15) is 17.2 Å². The maximum absolute atomic E-state index is 13.9. The number of rotatable bonds is 4. The normalized spacial score (nSPS) is 31.1. The van der Waals surface area contributed by atoms with Crippen LogP contribution in [0.4, 0.5) is 8.78 Å². The molecule has 0 N–H and O–H groups in total. The molecule has 110 valence electrons. The van der Waals surface area contributed by atoms with Crippen LogP contribution < -0.4 is 0 Å². The Bertz CT molecular complexity index is 482. The summed E-state index contributed by atoms with van der Waals surface area (Å²) in [4.78, 5) is 0. The van der Waals surface area contributed by atoms with Crippen LogP contribution in [0, 0.1) is 11.6 Å². The first kappa shape index (κ1) is 13.9. The van der Waals surface area contributed by atoms with E-state index in [0.717, 1.165) is 31.4 Å². The number of halogens is 2. The molecule has 0 aliphatic carbocycles. The molecule has 2 heterocycles. The fraction of sp³-hybridized carbons (Fsp3) is 0.600. The lowest BCUT2D eigenvalue weighted by Crippen LogP contribution is -2.35. The van der Waals surface area contributed by atoms with Crippen molar-refractivity contribution in [2.24, 2.45) is 0 Å². The molecule has 0 bridgehead atoms. The van der Waals surface area contributed by atoms with Crippen LogP contribution in [0.1, 0.15) is 31.7 Å². The summed E-state index contributed by atoms with van der Waals surface area (Å²) in [6, 6.07) is 3.41. The van der Waals surface area contributed by atoms with Gasteiger partial charge in [-0.15, -0.1) is 0 Å². The zero-order chi connectivity index (χ0) is 14.2. The predicted molar refractivity (Wildman–Crippen MR) is 68.1 cm³/mol. The molecule has 3 atom stereocenters. The maximum Gasteiger partial charge on any atom is 0.158 e. The molecule has 2 aliphatic heterocycles. The molecule has 1 aromatic rings. The summed E-state index contributed by atoms with van der Waals surface area (Å²) in [6.07, 6.45) is 2.25. The van der Waals surface area contributed by atoms with E-state index in [1.807, 2.05) is 6.92 Å². The lowest BCUT2D eigenvalue weighted by atomic mass is 9.94. The number of ether oxygens (including phenoxy) is 3. The highest BCUT2D eigenvalue weighted by Crippen LogP contribution is 2.45. The molecule has 0 amide bonds. The number of hydrogen-bond acceptors (Lipinski definition) is 3. The summed E-state index contributed by atoms with van der Waals surface area (Å²) in [5.41, 5.74) is -0.659. The van der Waals surface area contributed by atoms with Crippen molar-refractivity contribution in [3.05, 3.63) is 35.4 Å². The summed E-state index contributed by atoms with van der Waals surface area (Å²) in [5, 5.41) is 0. The van der Waals surface area contributed by atoms with Crippen LogP contribution in [0.5, 0.6) is 0 Å². The molecule has 3 rings (SSSR count). The Hall–Kier alpha value is -1.04. The van der Waals surface area contributed by atoms with Gasteiger partial charge in [-0.25, -0.2) is 8.78 Å². The fourth-order valence-electron chi connectivity index (χ4n) is 2.66.